The second kappa shape index (κ2) is 8.11. The zero-order chi connectivity index (χ0) is 5.70. The molecule has 0 spiro atoms. The van der Waals surface area contributed by atoms with Crippen LogP contribution in [0.1, 0.15) is 0 Å². The molecule has 0 aliphatic rings. The monoisotopic (exact) mass is 148 g/mol. The van der Waals surface area contributed by atoms with E-state index in [1.54, 1.807) is 0 Å². The van der Waals surface area contributed by atoms with Crippen molar-refractivity contribution in [1.29, 1.82) is 0 Å². The van der Waals surface area contributed by atoms with Gasteiger partial charge in [-0.2, -0.15) is 0 Å². The van der Waals surface area contributed by atoms with Gasteiger partial charge >= 0.3 is 29.6 Å². The van der Waals surface area contributed by atoms with Gasteiger partial charge in [-0.05, 0) is 0 Å². The Morgan fingerprint density at radius 1 is 1.75 bits per heavy atom. The molecule has 6 heteroatoms. The third kappa shape index (κ3) is 10.2. The molecule has 0 bridgehead atoms. The van der Waals surface area contributed by atoms with Gasteiger partial charge in [0.05, 0.1) is 13.2 Å². The Labute approximate surface area is 70.1 Å². The van der Waals surface area contributed by atoms with Gasteiger partial charge in [-0.15, -0.1) is 0 Å². The van der Waals surface area contributed by atoms with Crippen LogP contribution in [0.2, 0.25) is 0 Å². The first-order chi connectivity index (χ1) is 3.27. The summed E-state index contributed by atoms with van der Waals surface area (Å²) in [6.07, 6.45) is 0. The fourth-order valence-corrected chi connectivity index (χ4v) is 0.387. The van der Waals surface area contributed by atoms with Crippen molar-refractivity contribution in [2.24, 2.45) is 0 Å². The van der Waals surface area contributed by atoms with Gasteiger partial charge in [-0.1, -0.05) is 0 Å². The van der Waals surface area contributed by atoms with Crippen LogP contribution in [0.25, 0.3) is 0 Å². The standard InChI is InChI=1S/C2H7O4P.Na/c3-1-2-6-7(4)5;/h3,7H,1-2H2,(H,4,5);/q;+1/p-1. The third-order valence-corrected chi connectivity index (χ3v) is 0.751. The molecule has 0 rings (SSSR count). The van der Waals surface area contributed by atoms with Gasteiger partial charge in [0.25, 0.3) is 0 Å². The van der Waals surface area contributed by atoms with Crippen LogP contribution in [0.15, 0.2) is 0 Å². The van der Waals surface area contributed by atoms with Crippen LogP contribution in [0.4, 0.5) is 0 Å². The van der Waals surface area contributed by atoms with E-state index in [2.05, 4.69) is 4.52 Å². The van der Waals surface area contributed by atoms with Gasteiger partial charge < -0.3 is 19.1 Å². The van der Waals surface area contributed by atoms with Crippen molar-refractivity contribution in [1.82, 2.24) is 0 Å². The van der Waals surface area contributed by atoms with Crippen molar-refractivity contribution in [3.63, 3.8) is 0 Å². The summed E-state index contributed by atoms with van der Waals surface area (Å²) in [5.41, 5.74) is 0. The zero-order valence-corrected chi connectivity index (χ0v) is 7.59. The fraction of sp³-hybridized carbons (Fsp3) is 1.00. The average molecular weight is 148 g/mol. The van der Waals surface area contributed by atoms with Crippen molar-refractivity contribution in [2.75, 3.05) is 13.2 Å². The minimum absolute atomic E-state index is 0. The van der Waals surface area contributed by atoms with Crippen LogP contribution in [-0.2, 0) is 9.09 Å². The molecule has 0 saturated heterocycles. The van der Waals surface area contributed by atoms with Gasteiger partial charge in [0.2, 0.25) is 0 Å². The summed E-state index contributed by atoms with van der Waals surface area (Å²) in [7, 11) is -3.06. The molecule has 1 unspecified atom stereocenters. The topological polar surface area (TPSA) is 69.6 Å². The summed E-state index contributed by atoms with van der Waals surface area (Å²) in [6, 6.07) is 0. The molecule has 0 aromatic heterocycles. The van der Waals surface area contributed by atoms with Gasteiger partial charge in [-0.25, -0.2) is 0 Å². The normalized spacial score (nSPS) is 12.2. The van der Waals surface area contributed by atoms with E-state index in [0.717, 1.165) is 0 Å². The van der Waals surface area contributed by atoms with Gasteiger partial charge in [0.1, 0.15) is 8.25 Å². The predicted octanol–water partition coefficient (Wildman–Crippen LogP) is -4.25. The SMILES string of the molecule is O=[PH]([O-])OCCO.[Na+]. The maximum absolute atomic E-state index is 9.50. The van der Waals surface area contributed by atoms with Gasteiger partial charge in [0.15, 0.2) is 0 Å². The third-order valence-electron chi connectivity index (χ3n) is 0.311. The van der Waals surface area contributed by atoms with Crippen LogP contribution in [0.5, 0.6) is 0 Å². The molecule has 0 aromatic rings. The van der Waals surface area contributed by atoms with Crippen molar-refractivity contribution < 1.29 is 48.6 Å². The Bertz CT molecular complexity index is 67.1. The quantitative estimate of drug-likeness (QED) is 0.325. The Morgan fingerprint density at radius 3 is 2.38 bits per heavy atom. The van der Waals surface area contributed by atoms with Gasteiger partial charge in [0, 0.05) is 0 Å². The largest absolute Gasteiger partial charge is 1.00 e. The molecule has 0 heterocycles. The minimum Gasteiger partial charge on any atom is -0.781 e. The first-order valence-electron chi connectivity index (χ1n) is 1.72. The molecule has 0 aliphatic carbocycles. The molecule has 0 amide bonds. The van der Waals surface area contributed by atoms with Crippen LogP contribution in [-0.4, -0.2) is 18.3 Å². The number of aliphatic hydroxyl groups is 1. The summed E-state index contributed by atoms with van der Waals surface area (Å²) >= 11 is 0. The van der Waals surface area contributed by atoms with E-state index in [1.165, 1.54) is 0 Å². The van der Waals surface area contributed by atoms with E-state index < -0.39 is 8.25 Å². The molecule has 1 atom stereocenters. The van der Waals surface area contributed by atoms with Crippen molar-refractivity contribution >= 4 is 8.25 Å². The van der Waals surface area contributed by atoms with Crippen LogP contribution in [0.3, 0.4) is 0 Å². The summed E-state index contributed by atoms with van der Waals surface area (Å²) < 4.78 is 13.4. The van der Waals surface area contributed by atoms with E-state index in [4.69, 9.17) is 5.11 Å². The molecule has 0 fully saturated rings. The minimum atomic E-state index is -3.06. The second-order valence-electron chi connectivity index (χ2n) is 0.822. The molecule has 0 saturated carbocycles. The van der Waals surface area contributed by atoms with Crippen molar-refractivity contribution in [2.45, 2.75) is 0 Å². The van der Waals surface area contributed by atoms with Crippen LogP contribution >= 0.6 is 8.25 Å². The molecule has 0 radical (unpaired) electrons. The maximum Gasteiger partial charge on any atom is 1.00 e. The molecule has 0 aliphatic heterocycles. The van der Waals surface area contributed by atoms with E-state index in [1.807, 2.05) is 0 Å². The number of hydrogen-bond acceptors (Lipinski definition) is 4. The van der Waals surface area contributed by atoms with Crippen LogP contribution in [0, 0.1) is 0 Å². The molecule has 4 nitrogen and oxygen atoms in total. The van der Waals surface area contributed by atoms with Gasteiger partial charge in [-0.3, -0.25) is 0 Å². The summed E-state index contributed by atoms with van der Waals surface area (Å²) in [6.45, 7) is -0.375. The Kier molecular flexibility index (Phi) is 12.0. The Hall–Kier alpha value is 1.11. The molecule has 44 valence electrons. The van der Waals surface area contributed by atoms with E-state index in [-0.39, 0.29) is 42.8 Å². The second-order valence-corrected chi connectivity index (χ2v) is 1.61. The van der Waals surface area contributed by atoms with E-state index in [9.17, 15) is 9.46 Å². The molecular formula is C2H6NaO4P. The number of hydrogen-bond donors (Lipinski definition) is 1. The first-order valence-corrected chi connectivity index (χ1v) is 2.94. The molecule has 0 aromatic carbocycles. The molecular weight excluding hydrogens is 142 g/mol. The Balaban J connectivity index is 0. The zero-order valence-electron chi connectivity index (χ0n) is 4.59. The Morgan fingerprint density at radius 2 is 2.25 bits per heavy atom. The van der Waals surface area contributed by atoms with Crippen molar-refractivity contribution in [3.8, 4) is 0 Å². The van der Waals surface area contributed by atoms with E-state index in [0.29, 0.717) is 0 Å². The molecule has 8 heavy (non-hydrogen) atoms. The maximum atomic E-state index is 9.50. The molecule has 1 N–H and O–H groups in total. The van der Waals surface area contributed by atoms with Crippen LogP contribution < -0.4 is 34.5 Å². The fourth-order valence-electron chi connectivity index (χ4n) is 0.129. The predicted molar refractivity (Wildman–Crippen MR) is 22.0 cm³/mol. The van der Waals surface area contributed by atoms with E-state index >= 15 is 0 Å². The summed E-state index contributed by atoms with van der Waals surface area (Å²) in [4.78, 5) is 9.50. The van der Waals surface area contributed by atoms with Crippen molar-refractivity contribution in [3.05, 3.63) is 0 Å². The average Bonchev–Trinajstić information content (AvgIpc) is 1.61. The number of aliphatic hydroxyl groups excluding tert-OH is 1. The number of rotatable bonds is 3. The smallest absolute Gasteiger partial charge is 0.781 e. The summed E-state index contributed by atoms with van der Waals surface area (Å²) in [5, 5.41) is 7.93. The first kappa shape index (κ1) is 11.9. The summed E-state index contributed by atoms with van der Waals surface area (Å²) in [5.74, 6) is 0.